The van der Waals surface area contributed by atoms with Crippen LogP contribution in [0.2, 0.25) is 0 Å². The van der Waals surface area contributed by atoms with Crippen LogP contribution in [0.1, 0.15) is 316 Å². The Morgan fingerprint density at radius 3 is 0.708 bits per heavy atom. The van der Waals surface area contributed by atoms with Crippen molar-refractivity contribution in [3.8, 4) is 0 Å². The number of hydrogen-bond donors (Lipinski definition) is 4. The molecule has 0 aromatic rings. The number of hydrogen-bond acceptors (Lipinski definition) is 14. The van der Waals surface area contributed by atoms with Crippen molar-refractivity contribution in [1.29, 1.82) is 0 Å². The van der Waals surface area contributed by atoms with E-state index in [0.717, 1.165) is 193 Å². The maximum atomic E-state index is 13.0. The first-order valence-electron chi connectivity index (χ1n) is 43.4. The monoisotopic (exact) mass is 1610 g/mol. The largest absolute Gasteiger partial charge is 0.472 e. The molecule has 0 aliphatic heterocycles. The van der Waals surface area contributed by atoms with Gasteiger partial charge in [-0.25, -0.2) is 9.13 Å². The maximum absolute atomic E-state index is 13.0. The van der Waals surface area contributed by atoms with Crippen LogP contribution >= 0.6 is 15.6 Å². The van der Waals surface area contributed by atoms with Gasteiger partial charge in [0.15, 0.2) is 6.10 Å². The molecule has 0 saturated heterocycles. The number of ether oxygens (including phenoxy) is 3. The number of carbonyl (C=O) groups is 3. The van der Waals surface area contributed by atoms with Crippen molar-refractivity contribution in [2.24, 2.45) is 0 Å². The minimum atomic E-state index is -4.96. The summed E-state index contributed by atoms with van der Waals surface area (Å²) in [5.74, 6) is -1.64. The molecule has 5 unspecified atom stereocenters. The van der Waals surface area contributed by atoms with Gasteiger partial charge in [0, 0.05) is 19.3 Å². The quantitative estimate of drug-likeness (QED) is 0.0146. The summed E-state index contributed by atoms with van der Waals surface area (Å²) in [5, 5.41) is 20.7. The van der Waals surface area contributed by atoms with Crippen LogP contribution in [0.15, 0.2) is 207 Å². The number of allylic oxidation sites excluding steroid dienone is 34. The van der Waals surface area contributed by atoms with Crippen molar-refractivity contribution in [2.75, 3.05) is 39.6 Å². The number of esters is 3. The molecule has 113 heavy (non-hydrogen) atoms. The lowest BCUT2D eigenvalue weighted by Crippen LogP contribution is -2.30. The molecule has 16 nitrogen and oxygen atoms in total. The number of unbranched alkanes of at least 4 members (excludes halogenated alkanes) is 23. The molecule has 0 radical (unpaired) electrons. The fourth-order valence-corrected chi connectivity index (χ4v) is 12.6. The lowest BCUT2D eigenvalue weighted by Gasteiger charge is -2.21. The highest BCUT2D eigenvalue weighted by atomic mass is 31.2. The van der Waals surface area contributed by atoms with Gasteiger partial charge in [0.2, 0.25) is 0 Å². The highest BCUT2D eigenvalue weighted by Crippen LogP contribution is 2.45. The average molecular weight is 1610 g/mol. The summed E-state index contributed by atoms with van der Waals surface area (Å²) in [6.45, 7) is 2.28. The van der Waals surface area contributed by atoms with Gasteiger partial charge >= 0.3 is 33.6 Å². The molecular formula is C95H154O16P2. The van der Waals surface area contributed by atoms with Crippen LogP contribution in [-0.4, -0.2) is 95.9 Å². The zero-order valence-electron chi connectivity index (χ0n) is 70.2. The summed E-state index contributed by atoms with van der Waals surface area (Å²) in [6.07, 6.45) is 114. The first kappa shape index (κ1) is 107. The Morgan fingerprint density at radius 1 is 0.248 bits per heavy atom. The van der Waals surface area contributed by atoms with Gasteiger partial charge in [-0.05, 0) is 167 Å². The van der Waals surface area contributed by atoms with Crippen molar-refractivity contribution in [2.45, 2.75) is 334 Å². The topological polar surface area (TPSA) is 231 Å². The van der Waals surface area contributed by atoms with Gasteiger partial charge in [-0.3, -0.25) is 32.5 Å². The van der Waals surface area contributed by atoms with Gasteiger partial charge in [0.25, 0.3) is 0 Å². The Bertz CT molecular complexity index is 2880. The van der Waals surface area contributed by atoms with Crippen molar-refractivity contribution >= 4 is 33.6 Å². The van der Waals surface area contributed by atoms with Gasteiger partial charge < -0.3 is 34.2 Å². The predicted octanol–water partition coefficient (Wildman–Crippen LogP) is 26.4. The third kappa shape index (κ3) is 86.8. The fraction of sp³-hybridized carbons (Fsp3) is 0.611. The van der Waals surface area contributed by atoms with Gasteiger partial charge in [0.1, 0.15) is 25.4 Å². The molecule has 640 valence electrons. The number of aliphatic hydroxyl groups is 2. The van der Waals surface area contributed by atoms with Crippen LogP contribution in [0.3, 0.4) is 0 Å². The second-order valence-corrected chi connectivity index (χ2v) is 31.1. The average Bonchev–Trinajstić information content (AvgIpc) is 0.900. The van der Waals surface area contributed by atoms with E-state index >= 15 is 0 Å². The van der Waals surface area contributed by atoms with Crippen LogP contribution in [0, 0.1) is 0 Å². The lowest BCUT2D eigenvalue weighted by molar-refractivity contribution is -0.161. The number of phosphoric acid groups is 2. The normalized spacial score (nSPS) is 14.9. The van der Waals surface area contributed by atoms with Crippen LogP contribution in [0.25, 0.3) is 0 Å². The first-order valence-corrected chi connectivity index (χ1v) is 46.4. The van der Waals surface area contributed by atoms with Crippen molar-refractivity contribution in [3.63, 3.8) is 0 Å². The highest BCUT2D eigenvalue weighted by molar-refractivity contribution is 7.47. The molecule has 0 aliphatic carbocycles. The smallest absolute Gasteiger partial charge is 0.463 e. The Balaban J connectivity index is 4.61. The van der Waals surface area contributed by atoms with E-state index in [1.54, 1.807) is 0 Å². The molecule has 5 atom stereocenters. The Labute approximate surface area is 686 Å². The second-order valence-electron chi connectivity index (χ2n) is 28.2. The van der Waals surface area contributed by atoms with Crippen molar-refractivity contribution < 1.29 is 75.8 Å². The van der Waals surface area contributed by atoms with E-state index in [4.69, 9.17) is 32.3 Å². The van der Waals surface area contributed by atoms with Crippen LogP contribution in [0.5, 0.6) is 0 Å². The van der Waals surface area contributed by atoms with Crippen molar-refractivity contribution in [1.82, 2.24) is 0 Å². The predicted molar refractivity (Wildman–Crippen MR) is 472 cm³/mol. The second kappa shape index (κ2) is 85.5. The maximum Gasteiger partial charge on any atom is 0.472 e. The van der Waals surface area contributed by atoms with E-state index in [1.165, 1.54) is 64.2 Å². The van der Waals surface area contributed by atoms with Gasteiger partial charge in [-0.1, -0.05) is 337 Å². The molecule has 0 aromatic heterocycles. The molecule has 0 bridgehead atoms. The molecule has 0 fully saturated rings. The third-order valence-electron chi connectivity index (χ3n) is 17.5. The molecule has 0 amide bonds. The van der Waals surface area contributed by atoms with Gasteiger partial charge in [-0.2, -0.15) is 0 Å². The van der Waals surface area contributed by atoms with Crippen molar-refractivity contribution in [3.05, 3.63) is 207 Å². The summed E-state index contributed by atoms with van der Waals surface area (Å²) in [7, 11) is -9.83. The summed E-state index contributed by atoms with van der Waals surface area (Å²) >= 11 is 0. The zero-order valence-corrected chi connectivity index (χ0v) is 72.0. The molecule has 0 saturated carbocycles. The van der Waals surface area contributed by atoms with E-state index in [1.807, 2.05) is 0 Å². The highest BCUT2D eigenvalue weighted by Gasteiger charge is 2.29. The fourth-order valence-electron chi connectivity index (χ4n) is 11.0. The molecular weight excluding hydrogens is 1460 g/mol. The Hall–Kier alpha value is -5.87. The molecule has 0 heterocycles. The molecule has 0 aromatic carbocycles. The third-order valence-corrected chi connectivity index (χ3v) is 19.4. The van der Waals surface area contributed by atoms with Crippen LogP contribution in [0.4, 0.5) is 0 Å². The number of aliphatic hydroxyl groups excluding tert-OH is 2. The number of carbonyl (C=O) groups excluding carboxylic acids is 3. The molecule has 4 N–H and O–H groups in total. The number of phosphoric ester groups is 2. The summed E-state index contributed by atoms with van der Waals surface area (Å²) < 4.78 is 61.3. The Morgan fingerprint density at radius 2 is 0.442 bits per heavy atom. The van der Waals surface area contributed by atoms with Gasteiger partial charge in [-0.15, -0.1) is 0 Å². The van der Waals surface area contributed by atoms with E-state index in [9.17, 15) is 43.5 Å². The van der Waals surface area contributed by atoms with E-state index in [-0.39, 0.29) is 19.3 Å². The van der Waals surface area contributed by atoms with E-state index < -0.39 is 91.5 Å². The number of rotatable bonds is 80. The van der Waals surface area contributed by atoms with E-state index in [0.29, 0.717) is 19.3 Å². The molecule has 0 aliphatic rings. The summed E-state index contributed by atoms with van der Waals surface area (Å²) in [4.78, 5) is 58.9. The van der Waals surface area contributed by atoms with Gasteiger partial charge in [0.05, 0.1) is 26.4 Å². The molecule has 0 rings (SSSR count). The Kier molecular flexibility index (Phi) is 81.1. The summed E-state index contributed by atoms with van der Waals surface area (Å²) in [5.41, 5.74) is 0. The molecule has 18 heteroatoms. The van der Waals surface area contributed by atoms with Crippen LogP contribution < -0.4 is 0 Å². The zero-order chi connectivity index (χ0) is 82.2. The SMILES string of the molecule is CC/C=C\C/C=C\C/C=C\C/C=C\C/C=C\C/C=C\CCCCCCCCCCCCCCCCC(=O)OCC(O)COP(=O)(O)OCC(O)COP(=O)(O)OCC(COC(=O)CCCCCCCC/C=C\C/C=C\C/C=C\C/C=C\C/C=C\C/C=C\CC)OC(=O)CCCCC/C=C\C/C=C\C/C=C\C/C=C\C/C=C\CC. The minimum Gasteiger partial charge on any atom is -0.463 e. The van der Waals surface area contributed by atoms with Crippen LogP contribution in [-0.2, 0) is 55.8 Å². The minimum absolute atomic E-state index is 0.0540. The lowest BCUT2D eigenvalue weighted by atomic mass is 10.0. The standard InChI is InChI=1S/C95H154O16P2/c1-4-7-10-13-16-19-22-25-28-31-34-36-38-40-41-42-43-44-45-46-47-49-51-52-55-57-60-63-66-69-72-75-78-81-93(98)105-84-90(96)85-107-112(101,102)108-86-91(97)87-109-113(103,104)110-89-92(111-95(100)83-80-77-74-71-68-65-62-59-54-33-30-27-24-21-18-15-12-9-6-3)88-106-94(99)82-79-76-73-70-67-64-61-58-56-53-50-48-39-37-35-32-29-26-23-20-17-14-11-8-5-2/h7-12,16-21,25-30,34-37,40-41,43-44,48,50,54,56,58-59,65,68,90-92,96-97H,4-6,13-15,22-24,31-33,38-39,42,45-47,49,51-53,55,57,60-64,66-67,69-89H2,1-3H3,(H,101,102)(H,103,104)/b10-7-,11-8-,12-9-,19-16-,20-17-,21-18-,28-25-,29-26-,30-27-,36-34-,37-35-,41-40-,44-43-,50-48-,58-56-,59-54-,68-65-. The summed E-state index contributed by atoms with van der Waals surface area (Å²) in [6, 6.07) is 0. The first-order chi connectivity index (χ1) is 55.2. The molecule has 0 spiro atoms. The van der Waals surface area contributed by atoms with E-state index in [2.05, 4.69) is 227 Å².